The van der Waals surface area contributed by atoms with Crippen molar-refractivity contribution in [3.8, 4) is 11.5 Å². The van der Waals surface area contributed by atoms with Gasteiger partial charge in [-0.2, -0.15) is 0 Å². The lowest BCUT2D eigenvalue weighted by Gasteiger charge is -2.39. The Morgan fingerprint density at radius 2 is 1.85 bits per heavy atom. The highest BCUT2D eigenvalue weighted by Gasteiger charge is 2.44. The summed E-state index contributed by atoms with van der Waals surface area (Å²) in [5.74, 6) is 1.29. The highest BCUT2D eigenvalue weighted by Crippen LogP contribution is 2.35. The molecule has 2 heterocycles. The predicted molar refractivity (Wildman–Crippen MR) is 123 cm³/mol. The van der Waals surface area contributed by atoms with E-state index in [0.717, 1.165) is 28.4 Å². The van der Waals surface area contributed by atoms with Crippen LogP contribution in [0.4, 0.5) is 0 Å². The quantitative estimate of drug-likeness (QED) is 0.381. The molecule has 2 aromatic carbocycles. The summed E-state index contributed by atoms with van der Waals surface area (Å²) in [6, 6.07) is 13.4. The number of imidazole rings is 1. The second kappa shape index (κ2) is 10.3. The number of aliphatic hydroxyl groups is 4. The summed E-state index contributed by atoms with van der Waals surface area (Å²) in [6.07, 6.45) is -5.18. The van der Waals surface area contributed by atoms with Crippen LogP contribution in [0.5, 0.6) is 11.5 Å². The van der Waals surface area contributed by atoms with Crippen molar-refractivity contribution >= 4 is 22.8 Å². The first-order chi connectivity index (χ1) is 16.0. The largest absolute Gasteiger partial charge is 0.493 e. The van der Waals surface area contributed by atoms with Crippen molar-refractivity contribution in [2.75, 3.05) is 20.3 Å². The molecule has 5 unspecified atom stereocenters. The van der Waals surface area contributed by atoms with Gasteiger partial charge < -0.3 is 39.2 Å². The van der Waals surface area contributed by atoms with E-state index in [0.29, 0.717) is 29.8 Å². The number of hydrogen-bond acceptors (Lipinski definition) is 9. The van der Waals surface area contributed by atoms with Crippen LogP contribution in [0.3, 0.4) is 0 Å². The van der Waals surface area contributed by atoms with E-state index < -0.39 is 36.5 Å². The highest BCUT2D eigenvalue weighted by molar-refractivity contribution is 7.99. The van der Waals surface area contributed by atoms with Crippen LogP contribution in [0, 0.1) is 0 Å². The van der Waals surface area contributed by atoms with Crippen LogP contribution in [-0.2, 0) is 11.3 Å². The fourth-order valence-electron chi connectivity index (χ4n) is 3.83. The summed E-state index contributed by atoms with van der Waals surface area (Å²) in [7, 11) is 1.59. The van der Waals surface area contributed by atoms with Crippen molar-refractivity contribution < 1.29 is 34.6 Å². The topological polar surface area (TPSA) is 126 Å². The molecule has 4 N–H and O–H groups in total. The molecule has 0 saturated carbocycles. The number of methoxy groups -OCH3 is 1. The number of nitrogens with zero attached hydrogens (tertiary/aromatic N) is 2. The average molecular weight is 477 g/mol. The van der Waals surface area contributed by atoms with Gasteiger partial charge in [0.25, 0.3) is 0 Å². The van der Waals surface area contributed by atoms with E-state index in [2.05, 4.69) is 0 Å². The van der Waals surface area contributed by atoms with Crippen molar-refractivity contribution in [1.82, 2.24) is 9.55 Å². The van der Waals surface area contributed by atoms with E-state index in [4.69, 9.17) is 19.2 Å². The first-order valence-corrected chi connectivity index (χ1v) is 11.6. The van der Waals surface area contributed by atoms with E-state index in [1.165, 1.54) is 0 Å². The molecule has 5 atom stereocenters. The van der Waals surface area contributed by atoms with Crippen molar-refractivity contribution in [1.29, 1.82) is 0 Å². The molecule has 0 radical (unpaired) electrons. The number of ether oxygens (including phenoxy) is 3. The first kappa shape index (κ1) is 23.8. The van der Waals surface area contributed by atoms with Gasteiger partial charge in [-0.25, -0.2) is 4.98 Å². The summed E-state index contributed by atoms with van der Waals surface area (Å²) >= 11 is 1.13. The summed E-state index contributed by atoms with van der Waals surface area (Å²) in [4.78, 5) is 4.69. The molecular weight excluding hydrogens is 448 g/mol. The Morgan fingerprint density at radius 3 is 2.58 bits per heavy atom. The van der Waals surface area contributed by atoms with E-state index >= 15 is 0 Å². The minimum Gasteiger partial charge on any atom is -0.493 e. The lowest BCUT2D eigenvalue weighted by atomic mass is 10.0. The zero-order valence-corrected chi connectivity index (χ0v) is 19.2. The zero-order chi connectivity index (χ0) is 23.5. The Labute approximate surface area is 195 Å². The van der Waals surface area contributed by atoms with Gasteiger partial charge in [-0.15, -0.1) is 0 Å². The van der Waals surface area contributed by atoms with Crippen LogP contribution in [-0.4, -0.2) is 80.2 Å². The molecule has 4 rings (SSSR count). The SMILES string of the molecule is CCOc1ccc(Cn2c(SC3OC(CO)C(O)C(O)C3O)nc3ccccc32)cc1OC. The monoisotopic (exact) mass is 476 g/mol. The molecule has 33 heavy (non-hydrogen) atoms. The van der Waals surface area contributed by atoms with Crippen molar-refractivity contribution in [2.45, 2.75) is 48.5 Å². The third-order valence-corrected chi connectivity index (χ3v) is 6.70. The Bertz CT molecular complexity index is 1090. The van der Waals surface area contributed by atoms with Crippen LogP contribution < -0.4 is 9.47 Å². The van der Waals surface area contributed by atoms with E-state index in [1.807, 2.05) is 54.0 Å². The van der Waals surface area contributed by atoms with Crippen molar-refractivity contribution in [3.05, 3.63) is 48.0 Å². The van der Waals surface area contributed by atoms with Crippen molar-refractivity contribution in [3.63, 3.8) is 0 Å². The molecular formula is C23H28N2O7S. The van der Waals surface area contributed by atoms with Gasteiger partial charge in [0.15, 0.2) is 16.7 Å². The Kier molecular flexibility index (Phi) is 7.42. The number of aromatic nitrogens is 2. The molecule has 0 spiro atoms. The lowest BCUT2D eigenvalue weighted by Crippen LogP contribution is -2.57. The number of hydrogen-bond donors (Lipinski definition) is 4. The molecule has 178 valence electrons. The molecule has 0 aliphatic carbocycles. The molecule has 1 aliphatic rings. The average Bonchev–Trinajstić information content (AvgIpc) is 3.17. The molecule has 1 aromatic heterocycles. The van der Waals surface area contributed by atoms with E-state index in [1.54, 1.807) is 7.11 Å². The fraction of sp³-hybridized carbons (Fsp3) is 0.435. The molecule has 0 bridgehead atoms. The van der Waals surface area contributed by atoms with Gasteiger partial charge in [-0.05, 0) is 36.8 Å². The highest BCUT2D eigenvalue weighted by atomic mass is 32.2. The van der Waals surface area contributed by atoms with Gasteiger partial charge >= 0.3 is 0 Å². The Balaban J connectivity index is 1.67. The number of thioether (sulfide) groups is 1. The zero-order valence-electron chi connectivity index (χ0n) is 18.4. The van der Waals surface area contributed by atoms with Crippen LogP contribution >= 0.6 is 11.8 Å². The van der Waals surface area contributed by atoms with Crippen LogP contribution in [0.15, 0.2) is 47.6 Å². The number of benzene rings is 2. The van der Waals surface area contributed by atoms with Gasteiger partial charge in [-0.1, -0.05) is 30.0 Å². The maximum Gasteiger partial charge on any atom is 0.171 e. The lowest BCUT2D eigenvalue weighted by molar-refractivity contribution is -0.205. The fourth-order valence-corrected chi connectivity index (χ4v) is 4.98. The number of fused-ring (bicyclic) bond motifs is 1. The number of rotatable bonds is 8. The standard InChI is InChI=1S/C23H28N2O7S/c1-3-31-16-9-8-13(10-17(16)30-2)11-25-15-7-5-4-6-14(15)24-23(25)33-22-21(29)20(28)19(27)18(12-26)32-22/h4-10,18-22,26-29H,3,11-12H2,1-2H3. The smallest absolute Gasteiger partial charge is 0.171 e. The summed E-state index contributed by atoms with van der Waals surface area (Å²) in [5, 5.41) is 40.8. The minimum absolute atomic E-state index is 0.461. The first-order valence-electron chi connectivity index (χ1n) is 10.7. The summed E-state index contributed by atoms with van der Waals surface area (Å²) < 4.78 is 18.7. The molecule has 9 nitrogen and oxygen atoms in total. The second-order valence-corrected chi connectivity index (χ2v) is 8.77. The molecule has 3 aromatic rings. The Hall–Kier alpha value is -2.34. The van der Waals surface area contributed by atoms with Crippen LogP contribution in [0.1, 0.15) is 12.5 Å². The van der Waals surface area contributed by atoms with E-state index in [-0.39, 0.29) is 0 Å². The minimum atomic E-state index is -1.44. The predicted octanol–water partition coefficient (Wildman–Crippen LogP) is 1.38. The molecule has 10 heteroatoms. The maximum absolute atomic E-state index is 10.5. The number of aliphatic hydroxyl groups excluding tert-OH is 4. The summed E-state index contributed by atoms with van der Waals surface area (Å²) in [6.45, 7) is 2.42. The third kappa shape index (κ3) is 4.81. The van der Waals surface area contributed by atoms with Crippen molar-refractivity contribution in [2.24, 2.45) is 0 Å². The molecule has 0 amide bonds. The maximum atomic E-state index is 10.5. The normalized spacial score (nSPS) is 25.3. The van der Waals surface area contributed by atoms with Gasteiger partial charge in [0, 0.05) is 0 Å². The second-order valence-electron chi connectivity index (χ2n) is 7.70. The van der Waals surface area contributed by atoms with Gasteiger partial charge in [0.05, 0.1) is 37.9 Å². The van der Waals surface area contributed by atoms with Crippen LogP contribution in [0.25, 0.3) is 11.0 Å². The van der Waals surface area contributed by atoms with Crippen LogP contribution in [0.2, 0.25) is 0 Å². The summed E-state index contributed by atoms with van der Waals surface area (Å²) in [5.41, 5.74) is 1.68. The van der Waals surface area contributed by atoms with E-state index in [9.17, 15) is 20.4 Å². The third-order valence-electron chi connectivity index (χ3n) is 5.56. The molecule has 1 aliphatic heterocycles. The molecule has 1 fully saturated rings. The Morgan fingerprint density at radius 1 is 1.06 bits per heavy atom. The van der Waals surface area contributed by atoms with Gasteiger partial charge in [0.1, 0.15) is 29.9 Å². The van der Waals surface area contributed by atoms with Gasteiger partial charge in [-0.3, -0.25) is 0 Å². The molecule has 1 saturated heterocycles. The number of para-hydroxylation sites is 2. The van der Waals surface area contributed by atoms with Gasteiger partial charge in [0.2, 0.25) is 0 Å².